The van der Waals surface area contributed by atoms with Gasteiger partial charge in [0.25, 0.3) is 0 Å². The van der Waals surface area contributed by atoms with Crippen LogP contribution in [0.25, 0.3) is 0 Å². The highest BCUT2D eigenvalue weighted by Crippen LogP contribution is 2.04. The molecule has 0 aliphatic heterocycles. The average Bonchev–Trinajstić information content (AvgIpc) is 2.30. The van der Waals surface area contributed by atoms with Gasteiger partial charge in [-0.05, 0) is 25.9 Å². The number of hydrogen-bond donors (Lipinski definition) is 1. The Morgan fingerprint density at radius 2 is 1.19 bits per heavy atom. The van der Waals surface area contributed by atoms with E-state index in [9.17, 15) is 0 Å². The summed E-state index contributed by atoms with van der Waals surface area (Å²) in [6.07, 6.45) is 10.9. The van der Waals surface area contributed by atoms with Gasteiger partial charge in [-0.2, -0.15) is 0 Å². The summed E-state index contributed by atoms with van der Waals surface area (Å²) in [6, 6.07) is 0. The van der Waals surface area contributed by atoms with E-state index in [2.05, 4.69) is 18.7 Å². The highest BCUT2D eigenvalue weighted by molar-refractivity contribution is 4.59. The van der Waals surface area contributed by atoms with Gasteiger partial charge in [0.05, 0.1) is 0 Å². The monoisotopic (exact) mass is 228 g/mol. The zero-order valence-corrected chi connectivity index (χ0v) is 11.5. The summed E-state index contributed by atoms with van der Waals surface area (Å²) < 4.78 is 0. The predicted molar refractivity (Wildman–Crippen MR) is 73.8 cm³/mol. The van der Waals surface area contributed by atoms with Crippen LogP contribution in [-0.4, -0.2) is 31.1 Å². The maximum Gasteiger partial charge on any atom is 0.0105 e. The summed E-state index contributed by atoms with van der Waals surface area (Å²) in [6.45, 7) is 8.93. The van der Waals surface area contributed by atoms with Crippen LogP contribution in [0.5, 0.6) is 0 Å². The van der Waals surface area contributed by atoms with E-state index in [1.807, 2.05) is 0 Å². The van der Waals surface area contributed by atoms with Gasteiger partial charge in [0.2, 0.25) is 0 Å². The summed E-state index contributed by atoms with van der Waals surface area (Å²) in [4.78, 5) is 2.55. The van der Waals surface area contributed by atoms with Gasteiger partial charge in [0.1, 0.15) is 0 Å². The van der Waals surface area contributed by atoms with Gasteiger partial charge < -0.3 is 10.6 Å². The number of nitrogens with two attached hydrogens (primary N) is 1. The minimum Gasteiger partial charge on any atom is -0.329 e. The van der Waals surface area contributed by atoms with Crippen molar-refractivity contribution in [3.8, 4) is 0 Å². The van der Waals surface area contributed by atoms with E-state index in [0.717, 1.165) is 13.1 Å². The molecule has 0 radical (unpaired) electrons. The molecule has 0 unspecified atom stereocenters. The van der Waals surface area contributed by atoms with Crippen LogP contribution in [0.4, 0.5) is 0 Å². The Labute approximate surface area is 103 Å². The van der Waals surface area contributed by atoms with Crippen molar-refractivity contribution in [3.63, 3.8) is 0 Å². The Morgan fingerprint density at radius 3 is 1.56 bits per heavy atom. The molecule has 2 N–H and O–H groups in total. The second-order valence-electron chi connectivity index (χ2n) is 4.75. The second kappa shape index (κ2) is 13.0. The van der Waals surface area contributed by atoms with Crippen LogP contribution in [-0.2, 0) is 0 Å². The fourth-order valence-corrected chi connectivity index (χ4v) is 2.04. The van der Waals surface area contributed by atoms with E-state index >= 15 is 0 Å². The van der Waals surface area contributed by atoms with Crippen molar-refractivity contribution in [2.24, 2.45) is 5.73 Å². The van der Waals surface area contributed by atoms with E-state index in [0.29, 0.717) is 0 Å². The van der Waals surface area contributed by atoms with Crippen LogP contribution < -0.4 is 5.73 Å². The fraction of sp³-hybridized carbons (Fsp3) is 1.00. The molecule has 0 aliphatic carbocycles. The molecule has 0 spiro atoms. The Hall–Kier alpha value is -0.0800. The lowest BCUT2D eigenvalue weighted by molar-refractivity contribution is 0.267. The third-order valence-electron chi connectivity index (χ3n) is 3.10. The zero-order valence-electron chi connectivity index (χ0n) is 11.5. The van der Waals surface area contributed by atoms with Crippen LogP contribution in [0, 0.1) is 0 Å². The van der Waals surface area contributed by atoms with Crippen LogP contribution in [0.1, 0.15) is 65.2 Å². The smallest absolute Gasteiger partial charge is 0.0105 e. The van der Waals surface area contributed by atoms with Crippen LogP contribution >= 0.6 is 0 Å². The Kier molecular flexibility index (Phi) is 12.9. The first kappa shape index (κ1) is 15.9. The van der Waals surface area contributed by atoms with E-state index in [4.69, 9.17) is 5.73 Å². The van der Waals surface area contributed by atoms with Gasteiger partial charge in [0, 0.05) is 13.1 Å². The second-order valence-corrected chi connectivity index (χ2v) is 4.75. The maximum atomic E-state index is 5.65. The van der Waals surface area contributed by atoms with E-state index < -0.39 is 0 Å². The molecule has 0 aromatic heterocycles. The summed E-state index contributed by atoms with van der Waals surface area (Å²) in [5.74, 6) is 0. The number of nitrogens with zero attached hydrogens (tertiary/aromatic N) is 1. The summed E-state index contributed by atoms with van der Waals surface area (Å²) in [5.41, 5.74) is 5.65. The number of hydrogen-bond acceptors (Lipinski definition) is 2. The SMILES string of the molecule is CCCCCCN(CCN)CCCCCC. The van der Waals surface area contributed by atoms with E-state index in [1.165, 1.54) is 64.5 Å². The quantitative estimate of drug-likeness (QED) is 0.519. The van der Waals surface area contributed by atoms with Crippen molar-refractivity contribution < 1.29 is 0 Å². The normalized spacial score (nSPS) is 11.2. The lowest BCUT2D eigenvalue weighted by atomic mass is 10.1. The third kappa shape index (κ3) is 10.4. The molecule has 2 heteroatoms. The van der Waals surface area contributed by atoms with Gasteiger partial charge >= 0.3 is 0 Å². The Morgan fingerprint density at radius 1 is 0.688 bits per heavy atom. The van der Waals surface area contributed by atoms with Crippen molar-refractivity contribution in [2.75, 3.05) is 26.2 Å². The highest BCUT2D eigenvalue weighted by Gasteiger charge is 2.02. The first-order chi connectivity index (χ1) is 7.85. The highest BCUT2D eigenvalue weighted by atomic mass is 15.1. The lowest BCUT2D eigenvalue weighted by Gasteiger charge is -2.21. The van der Waals surface area contributed by atoms with E-state index in [-0.39, 0.29) is 0 Å². The fourth-order valence-electron chi connectivity index (χ4n) is 2.04. The van der Waals surface area contributed by atoms with Crippen molar-refractivity contribution in [1.29, 1.82) is 0 Å². The molecule has 0 rings (SSSR count). The van der Waals surface area contributed by atoms with Gasteiger partial charge in [-0.25, -0.2) is 0 Å². The molecule has 0 heterocycles. The minimum atomic E-state index is 0.807. The van der Waals surface area contributed by atoms with Crippen molar-refractivity contribution in [2.45, 2.75) is 65.2 Å². The Bertz CT molecular complexity index is 114. The van der Waals surface area contributed by atoms with Gasteiger partial charge in [-0.15, -0.1) is 0 Å². The summed E-state index contributed by atoms with van der Waals surface area (Å²) >= 11 is 0. The molecule has 0 aromatic carbocycles. The zero-order chi connectivity index (χ0) is 12.1. The molecule has 0 aliphatic rings. The van der Waals surface area contributed by atoms with Crippen LogP contribution in [0.2, 0.25) is 0 Å². The molecule has 0 amide bonds. The Balaban J connectivity index is 3.45. The van der Waals surface area contributed by atoms with Crippen molar-refractivity contribution >= 4 is 0 Å². The molecule has 0 saturated heterocycles. The number of rotatable bonds is 12. The predicted octanol–water partition coefficient (Wildman–Crippen LogP) is 3.41. The van der Waals surface area contributed by atoms with Crippen LogP contribution in [0.3, 0.4) is 0 Å². The minimum absolute atomic E-state index is 0.807. The average molecular weight is 228 g/mol. The number of unbranched alkanes of at least 4 members (excludes halogenated alkanes) is 6. The van der Waals surface area contributed by atoms with Gasteiger partial charge in [0.15, 0.2) is 0 Å². The molecule has 0 atom stereocenters. The molecule has 0 bridgehead atoms. The van der Waals surface area contributed by atoms with Crippen molar-refractivity contribution in [3.05, 3.63) is 0 Å². The van der Waals surface area contributed by atoms with Crippen LogP contribution in [0.15, 0.2) is 0 Å². The molecule has 0 saturated carbocycles. The summed E-state index contributed by atoms with van der Waals surface area (Å²) in [7, 11) is 0. The van der Waals surface area contributed by atoms with Crippen molar-refractivity contribution in [1.82, 2.24) is 4.90 Å². The van der Waals surface area contributed by atoms with Gasteiger partial charge in [-0.3, -0.25) is 0 Å². The topological polar surface area (TPSA) is 29.3 Å². The first-order valence-corrected chi connectivity index (χ1v) is 7.27. The molecule has 98 valence electrons. The maximum absolute atomic E-state index is 5.65. The molecule has 0 fully saturated rings. The molecule has 16 heavy (non-hydrogen) atoms. The molecule has 0 aromatic rings. The third-order valence-corrected chi connectivity index (χ3v) is 3.10. The molecular formula is C14H32N2. The first-order valence-electron chi connectivity index (χ1n) is 7.27. The molecule has 2 nitrogen and oxygen atoms in total. The summed E-state index contributed by atoms with van der Waals surface area (Å²) in [5, 5.41) is 0. The lowest BCUT2D eigenvalue weighted by Crippen LogP contribution is -2.31. The largest absolute Gasteiger partial charge is 0.329 e. The van der Waals surface area contributed by atoms with Gasteiger partial charge in [-0.1, -0.05) is 52.4 Å². The van der Waals surface area contributed by atoms with E-state index in [1.54, 1.807) is 0 Å². The standard InChI is InChI=1S/C14H32N2/c1-3-5-7-9-12-16(14-11-15)13-10-8-6-4-2/h3-15H2,1-2H3. The molecular weight excluding hydrogens is 196 g/mol.